The SMILES string of the molecule is CCOc1ccc(S(=O)(=O)N(C)c2ccc(OCC(=O)OCC(=O)Nc3ccccc3SC)cc2)cc1. The Labute approximate surface area is 220 Å². The smallest absolute Gasteiger partial charge is 0.344 e. The van der Waals surface area contributed by atoms with Crippen molar-refractivity contribution in [3.63, 3.8) is 0 Å². The molecule has 0 spiro atoms. The first-order valence-corrected chi connectivity index (χ1v) is 13.9. The summed E-state index contributed by atoms with van der Waals surface area (Å²) in [7, 11) is -2.34. The van der Waals surface area contributed by atoms with Crippen LogP contribution >= 0.6 is 11.8 Å². The van der Waals surface area contributed by atoms with Crippen molar-refractivity contribution in [3.05, 3.63) is 72.8 Å². The molecule has 37 heavy (non-hydrogen) atoms. The maximum absolute atomic E-state index is 12.9. The van der Waals surface area contributed by atoms with E-state index in [2.05, 4.69) is 5.32 Å². The second-order valence-electron chi connectivity index (χ2n) is 7.57. The third-order valence-corrected chi connectivity index (χ3v) is 7.69. The quantitative estimate of drug-likeness (QED) is 0.267. The standard InChI is InChI=1S/C26H28N2O7S2/c1-4-33-20-13-15-22(16-14-20)37(31,32)28(2)19-9-11-21(12-10-19)34-18-26(30)35-17-25(29)27-23-7-5-6-8-24(23)36-3/h5-16H,4,17-18H2,1-3H3,(H,27,29). The van der Waals surface area contributed by atoms with E-state index in [0.717, 1.165) is 9.20 Å². The van der Waals surface area contributed by atoms with Crippen LogP contribution in [0.1, 0.15) is 6.92 Å². The van der Waals surface area contributed by atoms with Gasteiger partial charge in [-0.2, -0.15) is 0 Å². The molecular formula is C26H28N2O7S2. The molecule has 1 amide bonds. The Morgan fingerprint density at radius 3 is 2.16 bits per heavy atom. The predicted octanol–water partition coefficient (Wildman–Crippen LogP) is 4.19. The van der Waals surface area contributed by atoms with Crippen LogP contribution in [0, 0.1) is 0 Å². The second-order valence-corrected chi connectivity index (χ2v) is 10.4. The minimum Gasteiger partial charge on any atom is -0.494 e. The second kappa shape index (κ2) is 13.0. The van der Waals surface area contributed by atoms with Crippen LogP contribution in [0.15, 0.2) is 82.6 Å². The van der Waals surface area contributed by atoms with Crippen molar-refractivity contribution in [3.8, 4) is 11.5 Å². The number of sulfonamides is 1. The molecule has 1 N–H and O–H groups in total. The number of nitrogens with zero attached hydrogens (tertiary/aromatic N) is 1. The van der Waals surface area contributed by atoms with Crippen LogP contribution in [-0.4, -0.2) is 53.4 Å². The molecule has 0 bridgehead atoms. The van der Waals surface area contributed by atoms with E-state index < -0.39 is 35.1 Å². The highest BCUT2D eigenvalue weighted by Gasteiger charge is 2.21. The molecule has 0 saturated heterocycles. The van der Waals surface area contributed by atoms with E-state index in [1.807, 2.05) is 25.3 Å². The molecule has 0 saturated carbocycles. The number of benzene rings is 3. The molecule has 3 aromatic carbocycles. The lowest BCUT2D eigenvalue weighted by atomic mass is 10.3. The molecule has 0 aliphatic heterocycles. The summed E-state index contributed by atoms with van der Waals surface area (Å²) in [6.07, 6.45) is 1.90. The molecule has 0 radical (unpaired) electrons. The maximum atomic E-state index is 12.9. The number of thioether (sulfide) groups is 1. The fourth-order valence-electron chi connectivity index (χ4n) is 3.19. The number of carbonyl (C=O) groups is 2. The number of anilines is 2. The van der Waals surface area contributed by atoms with Crippen molar-refractivity contribution in [2.75, 3.05) is 42.7 Å². The highest BCUT2D eigenvalue weighted by Crippen LogP contribution is 2.26. The van der Waals surface area contributed by atoms with Crippen molar-refractivity contribution in [2.45, 2.75) is 16.7 Å². The van der Waals surface area contributed by atoms with Crippen LogP contribution in [-0.2, 0) is 24.3 Å². The molecule has 3 rings (SSSR count). The Balaban J connectivity index is 1.49. The third kappa shape index (κ3) is 7.64. The van der Waals surface area contributed by atoms with Crippen LogP contribution in [0.5, 0.6) is 11.5 Å². The number of nitrogens with one attached hydrogen (secondary N) is 1. The minimum atomic E-state index is -3.78. The average molecular weight is 545 g/mol. The molecule has 0 atom stereocenters. The van der Waals surface area contributed by atoms with Crippen molar-refractivity contribution in [2.24, 2.45) is 0 Å². The zero-order valence-corrected chi connectivity index (χ0v) is 22.3. The van der Waals surface area contributed by atoms with Gasteiger partial charge in [-0.25, -0.2) is 13.2 Å². The van der Waals surface area contributed by atoms with E-state index in [9.17, 15) is 18.0 Å². The average Bonchev–Trinajstić information content (AvgIpc) is 2.91. The zero-order valence-electron chi connectivity index (χ0n) is 20.7. The van der Waals surface area contributed by atoms with Crippen LogP contribution in [0.2, 0.25) is 0 Å². The van der Waals surface area contributed by atoms with Gasteiger partial charge in [-0.15, -0.1) is 11.8 Å². The summed E-state index contributed by atoms with van der Waals surface area (Å²) in [6.45, 7) is 1.48. The fourth-order valence-corrected chi connectivity index (χ4v) is 4.94. The number of para-hydroxylation sites is 1. The molecule has 3 aromatic rings. The number of hydrogen-bond donors (Lipinski definition) is 1. The Hall–Kier alpha value is -3.70. The molecule has 0 heterocycles. The number of amides is 1. The molecule has 0 fully saturated rings. The van der Waals surface area contributed by atoms with Gasteiger partial charge in [0.1, 0.15) is 11.5 Å². The summed E-state index contributed by atoms with van der Waals surface area (Å²) in [5, 5.41) is 2.70. The van der Waals surface area contributed by atoms with E-state index in [0.29, 0.717) is 29.5 Å². The van der Waals surface area contributed by atoms with Crippen LogP contribution in [0.25, 0.3) is 0 Å². The normalized spacial score (nSPS) is 10.9. The summed E-state index contributed by atoms with van der Waals surface area (Å²) >= 11 is 1.49. The zero-order chi connectivity index (χ0) is 26.8. The molecule has 0 aromatic heterocycles. The summed E-state index contributed by atoms with van der Waals surface area (Å²) in [5.74, 6) is -0.250. The Morgan fingerprint density at radius 2 is 1.51 bits per heavy atom. The van der Waals surface area contributed by atoms with Gasteiger partial charge in [0, 0.05) is 11.9 Å². The van der Waals surface area contributed by atoms with Gasteiger partial charge in [-0.05, 0) is 73.8 Å². The third-order valence-electron chi connectivity index (χ3n) is 5.10. The van der Waals surface area contributed by atoms with E-state index in [-0.39, 0.29) is 4.90 Å². The van der Waals surface area contributed by atoms with Crippen LogP contribution < -0.4 is 19.1 Å². The number of esters is 1. The molecule has 11 heteroatoms. The summed E-state index contributed by atoms with van der Waals surface area (Å²) in [6, 6.07) is 19.7. The highest BCUT2D eigenvalue weighted by molar-refractivity contribution is 7.98. The van der Waals surface area contributed by atoms with Gasteiger partial charge in [0.25, 0.3) is 15.9 Å². The topological polar surface area (TPSA) is 111 Å². The van der Waals surface area contributed by atoms with E-state index in [1.54, 1.807) is 48.5 Å². The lowest BCUT2D eigenvalue weighted by molar-refractivity contribution is -0.149. The molecule has 0 unspecified atom stereocenters. The van der Waals surface area contributed by atoms with Crippen molar-refractivity contribution < 1.29 is 32.2 Å². The first kappa shape index (κ1) is 27.9. The number of rotatable bonds is 12. The molecule has 0 aliphatic rings. The van der Waals surface area contributed by atoms with Crippen molar-refractivity contribution >= 4 is 45.0 Å². The van der Waals surface area contributed by atoms with Gasteiger partial charge in [-0.3, -0.25) is 9.10 Å². The Bertz CT molecular complexity index is 1310. The Kier molecular flexibility index (Phi) is 9.81. The summed E-state index contributed by atoms with van der Waals surface area (Å²) in [5.41, 5.74) is 1.05. The molecule has 9 nitrogen and oxygen atoms in total. The molecular weight excluding hydrogens is 516 g/mol. The lowest BCUT2D eigenvalue weighted by Gasteiger charge is -2.20. The predicted molar refractivity (Wildman–Crippen MR) is 143 cm³/mol. The number of ether oxygens (including phenoxy) is 3. The molecule has 196 valence electrons. The summed E-state index contributed by atoms with van der Waals surface area (Å²) < 4.78 is 42.8. The molecule has 0 aliphatic carbocycles. The Morgan fingerprint density at radius 1 is 0.892 bits per heavy atom. The van der Waals surface area contributed by atoms with Crippen molar-refractivity contribution in [1.82, 2.24) is 0 Å². The van der Waals surface area contributed by atoms with Gasteiger partial charge >= 0.3 is 5.97 Å². The van der Waals surface area contributed by atoms with Gasteiger partial charge in [0.05, 0.1) is 22.9 Å². The minimum absolute atomic E-state index is 0.127. The lowest BCUT2D eigenvalue weighted by Crippen LogP contribution is -2.26. The fraction of sp³-hybridized carbons (Fsp3) is 0.231. The number of carbonyl (C=O) groups excluding carboxylic acids is 2. The van der Waals surface area contributed by atoms with Gasteiger partial charge in [-0.1, -0.05) is 12.1 Å². The van der Waals surface area contributed by atoms with Gasteiger partial charge in [0.15, 0.2) is 13.2 Å². The summed E-state index contributed by atoms with van der Waals surface area (Å²) in [4.78, 5) is 25.1. The number of hydrogen-bond acceptors (Lipinski definition) is 8. The van der Waals surface area contributed by atoms with Gasteiger partial charge < -0.3 is 19.5 Å². The first-order chi connectivity index (χ1) is 17.7. The highest BCUT2D eigenvalue weighted by atomic mass is 32.2. The van der Waals surface area contributed by atoms with E-state index in [1.165, 1.54) is 30.9 Å². The van der Waals surface area contributed by atoms with Gasteiger partial charge in [0.2, 0.25) is 0 Å². The van der Waals surface area contributed by atoms with Crippen LogP contribution in [0.4, 0.5) is 11.4 Å². The van der Waals surface area contributed by atoms with E-state index >= 15 is 0 Å². The first-order valence-electron chi connectivity index (χ1n) is 11.3. The van der Waals surface area contributed by atoms with E-state index in [4.69, 9.17) is 14.2 Å². The van der Waals surface area contributed by atoms with Crippen LogP contribution in [0.3, 0.4) is 0 Å². The van der Waals surface area contributed by atoms with Crippen molar-refractivity contribution in [1.29, 1.82) is 0 Å². The monoisotopic (exact) mass is 544 g/mol. The largest absolute Gasteiger partial charge is 0.494 e. The maximum Gasteiger partial charge on any atom is 0.344 e.